The molecule has 8 nitrogen and oxygen atoms in total. The van der Waals surface area contributed by atoms with Gasteiger partial charge in [-0.3, -0.25) is 14.4 Å². The Kier molecular flexibility index (Phi) is 8.01. The molecule has 3 fully saturated rings. The van der Waals surface area contributed by atoms with Gasteiger partial charge in [-0.25, -0.2) is 8.78 Å². The molecule has 46 heavy (non-hydrogen) atoms. The van der Waals surface area contributed by atoms with Crippen molar-refractivity contribution >= 4 is 33.7 Å². The van der Waals surface area contributed by atoms with Crippen LogP contribution in [0.4, 0.5) is 33.9 Å². The van der Waals surface area contributed by atoms with E-state index in [0.717, 1.165) is 18.2 Å². The van der Waals surface area contributed by atoms with E-state index in [1.54, 1.807) is 6.92 Å². The quantitative estimate of drug-likeness (QED) is 0.233. The Morgan fingerprint density at radius 3 is 2.17 bits per heavy atom. The number of nitrogens with one attached hydrogen (secondary N) is 2. The standard InChI is InChI=1S/C30H33F7N2O6S/c1-30(29(42)43)9-7-18(8-10-30)45-23-13-19(22(44-2)14-21(23)32)27(40)39-26-16-4-3-15(11-16)25(26)28(41)38-17-5-6-20(31)24(12-17)46(33,34,35,36)37/h5-6,12-16,18,25-26H,3-4,7-11H2,1-2H3,(H,38,41)(H,39,40)(H,42,43)/t15-,16+,18-,25+,26-,30+/m1/s1. The maximum absolute atomic E-state index is 15.0. The highest BCUT2D eigenvalue weighted by molar-refractivity contribution is 8.45. The summed E-state index contributed by atoms with van der Waals surface area (Å²) in [7, 11) is -9.18. The Hall–Kier alpha value is -3.69. The highest BCUT2D eigenvalue weighted by Crippen LogP contribution is 3.02. The van der Waals surface area contributed by atoms with E-state index in [-0.39, 0.29) is 41.0 Å². The number of hydrogen-bond donors (Lipinski definition) is 3. The van der Waals surface area contributed by atoms with E-state index in [9.17, 15) is 47.7 Å². The van der Waals surface area contributed by atoms with Crippen LogP contribution in [0.25, 0.3) is 0 Å². The van der Waals surface area contributed by atoms with Crippen LogP contribution in [0.15, 0.2) is 35.2 Å². The predicted molar refractivity (Wildman–Crippen MR) is 154 cm³/mol. The number of amides is 2. The van der Waals surface area contributed by atoms with Gasteiger partial charge in [-0.15, -0.1) is 0 Å². The maximum Gasteiger partial charge on any atom is 0.313 e. The van der Waals surface area contributed by atoms with Crippen molar-refractivity contribution in [2.45, 2.75) is 68.9 Å². The molecule has 16 heteroatoms. The summed E-state index contributed by atoms with van der Waals surface area (Å²) in [6.45, 7) is 1.63. The number of carboxylic acid groups (broad SMARTS) is 1. The van der Waals surface area contributed by atoms with Crippen molar-refractivity contribution in [1.29, 1.82) is 0 Å². The van der Waals surface area contributed by atoms with Crippen molar-refractivity contribution in [3.8, 4) is 11.5 Å². The molecule has 3 aliphatic rings. The second kappa shape index (κ2) is 10.9. The Labute approximate surface area is 259 Å². The summed E-state index contributed by atoms with van der Waals surface area (Å²) in [6.07, 6.45) is 2.53. The molecular weight excluding hydrogens is 649 g/mol. The van der Waals surface area contributed by atoms with Crippen molar-refractivity contribution in [1.82, 2.24) is 5.32 Å². The maximum atomic E-state index is 15.0. The Bertz CT molecular complexity index is 1580. The van der Waals surface area contributed by atoms with Crippen molar-refractivity contribution in [2.24, 2.45) is 23.2 Å². The first-order valence-corrected chi connectivity index (χ1v) is 16.6. The number of anilines is 1. The van der Waals surface area contributed by atoms with Gasteiger partial charge in [0.05, 0.1) is 30.1 Å². The molecule has 2 amide bonds. The van der Waals surface area contributed by atoms with Gasteiger partial charge in [0.15, 0.2) is 11.6 Å². The minimum atomic E-state index is -10.4. The number of halogens is 7. The van der Waals surface area contributed by atoms with Crippen molar-refractivity contribution < 1.29 is 57.2 Å². The SMILES string of the molecule is COc1cc(F)c(O[C@H]2CC[C@@](C)(C(=O)O)CC2)cc1C(=O)N[C@@H]1[C@H]2CC[C@H](C2)[C@@H]1C(=O)Nc1ccc(F)c(S(F)(F)(F)(F)F)c1. The topological polar surface area (TPSA) is 114 Å². The number of methoxy groups -OCH3 is 1. The molecule has 0 aliphatic heterocycles. The molecule has 0 heterocycles. The van der Waals surface area contributed by atoms with E-state index in [1.165, 1.54) is 7.11 Å². The Balaban J connectivity index is 1.34. The fraction of sp³-hybridized carbons (Fsp3) is 0.500. The number of ether oxygens (including phenoxy) is 2. The van der Waals surface area contributed by atoms with Crippen LogP contribution in [-0.4, -0.2) is 42.1 Å². The lowest BCUT2D eigenvalue weighted by molar-refractivity contribution is -0.150. The lowest BCUT2D eigenvalue weighted by Gasteiger charge is -2.40. The molecule has 3 saturated carbocycles. The first-order chi connectivity index (χ1) is 21.2. The summed E-state index contributed by atoms with van der Waals surface area (Å²) in [4.78, 5) is 35.7. The molecule has 0 radical (unpaired) electrons. The molecule has 0 aromatic heterocycles. The normalized spacial score (nSPS) is 28.9. The van der Waals surface area contributed by atoms with Gasteiger partial charge in [-0.1, -0.05) is 19.4 Å². The van der Waals surface area contributed by atoms with Gasteiger partial charge >= 0.3 is 16.2 Å². The van der Waals surface area contributed by atoms with Gasteiger partial charge in [-0.2, -0.15) is 0 Å². The molecule has 0 saturated heterocycles. The van der Waals surface area contributed by atoms with Crippen molar-refractivity contribution in [3.05, 3.63) is 47.5 Å². The molecule has 254 valence electrons. The summed E-state index contributed by atoms with van der Waals surface area (Å²) in [5.74, 6) is -7.32. The first-order valence-electron chi connectivity index (χ1n) is 14.6. The highest BCUT2D eigenvalue weighted by atomic mass is 32.5. The molecule has 3 aliphatic carbocycles. The number of fused-ring (bicyclic) bond motifs is 2. The lowest BCUT2D eigenvalue weighted by Crippen LogP contribution is -2.48. The molecule has 0 spiro atoms. The van der Waals surface area contributed by atoms with Crippen molar-refractivity contribution in [2.75, 3.05) is 12.4 Å². The van der Waals surface area contributed by atoms with Crippen LogP contribution >= 0.6 is 10.2 Å². The van der Waals surface area contributed by atoms with E-state index in [0.29, 0.717) is 44.9 Å². The molecule has 5 rings (SSSR count). The van der Waals surface area contributed by atoms with Gasteiger partial charge in [0, 0.05) is 17.8 Å². The number of aliphatic carboxylic acids is 1. The number of carbonyl (C=O) groups excluding carboxylic acids is 2. The van der Waals surface area contributed by atoms with Gasteiger partial charge in [0.1, 0.15) is 16.5 Å². The Morgan fingerprint density at radius 1 is 0.913 bits per heavy atom. The summed E-state index contributed by atoms with van der Waals surface area (Å²) in [5.41, 5.74) is -1.72. The first kappa shape index (κ1) is 33.7. The van der Waals surface area contributed by atoms with E-state index in [2.05, 4.69) is 10.6 Å². The molecule has 2 aromatic rings. The van der Waals surface area contributed by atoms with Crippen LogP contribution in [0, 0.1) is 34.8 Å². The van der Waals surface area contributed by atoms with Gasteiger partial charge < -0.3 is 25.2 Å². The molecule has 4 atom stereocenters. The minimum absolute atomic E-state index is 0.119. The number of hydrogen-bond acceptors (Lipinski definition) is 5. The number of benzene rings is 2. The average molecular weight is 683 g/mol. The number of rotatable bonds is 9. The zero-order valence-corrected chi connectivity index (χ0v) is 25.6. The van der Waals surface area contributed by atoms with E-state index < -0.39 is 73.7 Å². The minimum Gasteiger partial charge on any atom is -0.496 e. The predicted octanol–water partition coefficient (Wildman–Crippen LogP) is 7.83. The van der Waals surface area contributed by atoms with Crippen molar-refractivity contribution in [3.63, 3.8) is 0 Å². The van der Waals surface area contributed by atoms with Gasteiger partial charge in [0.25, 0.3) is 5.91 Å². The van der Waals surface area contributed by atoms with E-state index in [1.807, 2.05) is 0 Å². The fourth-order valence-electron chi connectivity index (χ4n) is 6.92. The Morgan fingerprint density at radius 2 is 1.57 bits per heavy atom. The van der Waals surface area contributed by atoms with Gasteiger partial charge in [-0.05, 0) is 88.0 Å². The monoisotopic (exact) mass is 682 g/mol. The lowest BCUT2D eigenvalue weighted by atomic mass is 9.75. The molecule has 2 aromatic carbocycles. The largest absolute Gasteiger partial charge is 0.496 e. The van der Waals surface area contributed by atoms with Gasteiger partial charge in [0.2, 0.25) is 5.91 Å². The third-order valence-corrected chi connectivity index (χ3v) is 10.6. The smallest absolute Gasteiger partial charge is 0.313 e. The van der Waals surface area contributed by atoms with Crippen LogP contribution in [0.5, 0.6) is 11.5 Å². The molecular formula is C30H33F7N2O6S. The van der Waals surface area contributed by atoms with E-state index in [4.69, 9.17) is 9.47 Å². The third-order valence-electron chi connectivity index (χ3n) is 9.48. The molecule has 0 unspecified atom stereocenters. The highest BCUT2D eigenvalue weighted by Gasteiger charge is 2.67. The summed E-state index contributed by atoms with van der Waals surface area (Å²) in [6, 6.07) is 2.09. The number of carboxylic acids is 1. The molecule has 3 N–H and O–H groups in total. The van der Waals surface area contributed by atoms with Crippen LogP contribution in [0.1, 0.15) is 62.2 Å². The molecule has 2 bridgehead atoms. The second-order valence-corrected chi connectivity index (χ2v) is 15.0. The number of carbonyl (C=O) groups is 3. The van der Waals surface area contributed by atoms with Crippen LogP contribution in [0.2, 0.25) is 0 Å². The average Bonchev–Trinajstić information content (AvgIpc) is 3.56. The van der Waals surface area contributed by atoms with Crippen LogP contribution in [-0.2, 0) is 9.59 Å². The van der Waals surface area contributed by atoms with Crippen LogP contribution in [0.3, 0.4) is 0 Å². The fourth-order valence-corrected chi connectivity index (χ4v) is 7.71. The zero-order valence-electron chi connectivity index (χ0n) is 24.8. The summed E-state index contributed by atoms with van der Waals surface area (Å²) < 4.78 is 107. The van der Waals surface area contributed by atoms with E-state index >= 15 is 0 Å². The third kappa shape index (κ3) is 6.72. The zero-order chi connectivity index (χ0) is 33.9. The second-order valence-electron chi connectivity index (χ2n) is 12.6. The summed E-state index contributed by atoms with van der Waals surface area (Å²) in [5, 5.41) is 14.4. The van der Waals surface area contributed by atoms with Crippen LogP contribution < -0.4 is 20.1 Å². The summed E-state index contributed by atoms with van der Waals surface area (Å²) >= 11 is 0.